The summed E-state index contributed by atoms with van der Waals surface area (Å²) in [7, 11) is -0.891. The molecule has 0 fully saturated rings. The van der Waals surface area contributed by atoms with Crippen molar-refractivity contribution in [2.45, 2.75) is 48.8 Å². The SMILES string of the molecule is CC(C)(N)C(=O)N[C@@H]1C[S+](Cc2ccc(-c3ccccc3CNC(N)=O)cc2)c2cc(C(F)(F)F)ccc2NC1=O. The van der Waals surface area contributed by atoms with E-state index in [4.69, 9.17) is 11.5 Å². The number of hydrogen-bond acceptors (Lipinski definition) is 4. The molecule has 3 aromatic rings. The quantitative estimate of drug-likeness (QED) is 0.268. The summed E-state index contributed by atoms with van der Waals surface area (Å²) < 4.78 is 40.9. The molecule has 2 atom stereocenters. The maximum absolute atomic E-state index is 13.6. The first-order valence-electron chi connectivity index (χ1n) is 12.7. The van der Waals surface area contributed by atoms with E-state index in [0.717, 1.165) is 34.4 Å². The number of urea groups is 1. The lowest BCUT2D eigenvalue weighted by molar-refractivity contribution is -0.137. The first kappa shape index (κ1) is 29.9. The summed E-state index contributed by atoms with van der Waals surface area (Å²) >= 11 is 0. The van der Waals surface area contributed by atoms with Gasteiger partial charge in [-0.1, -0.05) is 48.5 Å². The van der Waals surface area contributed by atoms with Crippen molar-refractivity contribution >= 4 is 34.4 Å². The molecule has 1 aliphatic rings. The molecule has 8 nitrogen and oxygen atoms in total. The number of carbonyl (C=O) groups is 3. The van der Waals surface area contributed by atoms with Crippen LogP contribution in [0.25, 0.3) is 11.1 Å². The highest BCUT2D eigenvalue weighted by molar-refractivity contribution is 7.96. The van der Waals surface area contributed by atoms with Gasteiger partial charge < -0.3 is 27.4 Å². The fraction of sp³-hybridized carbons (Fsp3) is 0.276. The second-order valence-corrected chi connectivity index (χ2v) is 12.4. The summed E-state index contributed by atoms with van der Waals surface area (Å²) in [6.07, 6.45) is -4.56. The van der Waals surface area contributed by atoms with Gasteiger partial charge >= 0.3 is 12.2 Å². The van der Waals surface area contributed by atoms with Crippen molar-refractivity contribution in [3.63, 3.8) is 0 Å². The molecule has 1 aliphatic heterocycles. The van der Waals surface area contributed by atoms with Crippen LogP contribution in [-0.4, -0.2) is 35.2 Å². The Morgan fingerprint density at radius 1 is 1.05 bits per heavy atom. The maximum Gasteiger partial charge on any atom is 0.416 e. The van der Waals surface area contributed by atoms with Gasteiger partial charge in [-0.15, -0.1) is 0 Å². The highest BCUT2D eigenvalue weighted by Gasteiger charge is 2.41. The number of primary amides is 1. The number of fused-ring (bicyclic) bond motifs is 1. The third-order valence-electron chi connectivity index (χ3n) is 6.53. The molecule has 7 N–H and O–H groups in total. The Morgan fingerprint density at radius 2 is 1.73 bits per heavy atom. The molecule has 3 aromatic carbocycles. The normalized spacial score (nSPS) is 17.2. The molecule has 4 amide bonds. The number of hydrogen-bond donors (Lipinski definition) is 5. The summed E-state index contributed by atoms with van der Waals surface area (Å²) in [6, 6.07) is 16.7. The number of nitrogens with two attached hydrogens (primary N) is 2. The minimum absolute atomic E-state index is 0.103. The number of halogens is 3. The zero-order valence-electron chi connectivity index (χ0n) is 22.5. The van der Waals surface area contributed by atoms with E-state index < -0.39 is 52.1 Å². The Hall–Kier alpha value is -4.03. The number of alkyl halides is 3. The van der Waals surface area contributed by atoms with E-state index in [0.29, 0.717) is 10.6 Å². The molecule has 0 spiro atoms. The van der Waals surface area contributed by atoms with Crippen LogP contribution in [0.5, 0.6) is 0 Å². The highest BCUT2D eigenvalue weighted by atomic mass is 32.2. The minimum Gasteiger partial charge on any atom is -0.352 e. The molecule has 0 bridgehead atoms. The average molecular weight is 587 g/mol. The van der Waals surface area contributed by atoms with Gasteiger partial charge in [0.1, 0.15) is 11.5 Å². The number of rotatable bonds is 7. The van der Waals surface area contributed by atoms with Crippen LogP contribution in [0.3, 0.4) is 0 Å². The van der Waals surface area contributed by atoms with Crippen LogP contribution in [0.4, 0.5) is 23.7 Å². The lowest BCUT2D eigenvalue weighted by Gasteiger charge is -2.22. The molecule has 1 unspecified atom stereocenters. The largest absolute Gasteiger partial charge is 0.416 e. The molecule has 0 radical (unpaired) electrons. The molecular formula is C29H31F3N5O3S+. The van der Waals surface area contributed by atoms with Crippen molar-refractivity contribution < 1.29 is 27.6 Å². The topological polar surface area (TPSA) is 139 Å². The van der Waals surface area contributed by atoms with Crippen LogP contribution < -0.4 is 27.4 Å². The summed E-state index contributed by atoms with van der Waals surface area (Å²) in [4.78, 5) is 37.2. The van der Waals surface area contributed by atoms with Crippen LogP contribution >= 0.6 is 0 Å². The van der Waals surface area contributed by atoms with E-state index in [9.17, 15) is 27.6 Å². The second kappa shape index (κ2) is 11.8. The van der Waals surface area contributed by atoms with E-state index in [-0.39, 0.29) is 18.0 Å². The second-order valence-electron chi connectivity index (χ2n) is 10.3. The van der Waals surface area contributed by atoms with Crippen LogP contribution in [0, 0.1) is 0 Å². The summed E-state index contributed by atoms with van der Waals surface area (Å²) in [5.74, 6) is -0.620. The minimum atomic E-state index is -4.56. The van der Waals surface area contributed by atoms with E-state index in [1.54, 1.807) is 0 Å². The third kappa shape index (κ3) is 7.39. The van der Waals surface area contributed by atoms with Gasteiger partial charge in [0.15, 0.2) is 10.9 Å². The van der Waals surface area contributed by atoms with Gasteiger partial charge in [0.25, 0.3) is 5.91 Å². The number of benzene rings is 3. The number of amides is 4. The Kier molecular flexibility index (Phi) is 8.64. The zero-order valence-corrected chi connectivity index (χ0v) is 23.3. The van der Waals surface area contributed by atoms with E-state index in [1.807, 2.05) is 48.5 Å². The van der Waals surface area contributed by atoms with Gasteiger partial charge in [-0.3, -0.25) is 9.59 Å². The van der Waals surface area contributed by atoms with Crippen molar-refractivity contribution in [3.8, 4) is 11.1 Å². The molecule has 0 aliphatic carbocycles. The van der Waals surface area contributed by atoms with E-state index in [2.05, 4.69) is 16.0 Å². The highest BCUT2D eigenvalue weighted by Crippen LogP contribution is 2.37. The van der Waals surface area contributed by atoms with Crippen molar-refractivity contribution in [1.82, 2.24) is 10.6 Å². The van der Waals surface area contributed by atoms with Gasteiger partial charge in [0, 0.05) is 29.1 Å². The van der Waals surface area contributed by atoms with Crippen LogP contribution in [-0.2, 0) is 39.0 Å². The molecule has 216 valence electrons. The summed E-state index contributed by atoms with van der Waals surface area (Å²) in [6.45, 7) is 3.26. The van der Waals surface area contributed by atoms with Crippen molar-refractivity contribution in [3.05, 3.63) is 83.4 Å². The van der Waals surface area contributed by atoms with Crippen molar-refractivity contribution in [1.29, 1.82) is 0 Å². The summed E-state index contributed by atoms with van der Waals surface area (Å²) in [5.41, 5.74) is 12.8. The lowest BCUT2D eigenvalue weighted by atomic mass is 9.99. The molecule has 12 heteroatoms. The molecule has 4 rings (SSSR count). The van der Waals surface area contributed by atoms with E-state index in [1.165, 1.54) is 19.9 Å². The smallest absolute Gasteiger partial charge is 0.352 e. The Bertz CT molecular complexity index is 1460. The van der Waals surface area contributed by atoms with Crippen LogP contribution in [0.2, 0.25) is 0 Å². The maximum atomic E-state index is 13.6. The first-order chi connectivity index (χ1) is 19.2. The van der Waals surface area contributed by atoms with Gasteiger partial charge in [-0.05, 0) is 42.7 Å². The standard InChI is InChI=1S/C29H30F3N5O3S/c1-28(2,34)26(39)37-23-16-41(24-13-20(29(30,31)32)11-12-22(24)36-25(23)38)15-17-7-9-18(10-8-17)21-6-4-3-5-19(21)14-35-27(33)40/h3-13,23H,14-16,34H2,1-2H3,(H4-,33,35,36,37,38,39,40)/p+1/t23-,41?/m1/s1. The molecule has 0 saturated heterocycles. The monoisotopic (exact) mass is 586 g/mol. The third-order valence-corrected chi connectivity index (χ3v) is 8.91. The fourth-order valence-electron chi connectivity index (χ4n) is 4.34. The van der Waals surface area contributed by atoms with Gasteiger partial charge in [-0.25, -0.2) is 4.79 Å². The van der Waals surface area contributed by atoms with Gasteiger partial charge in [-0.2, -0.15) is 13.2 Å². The first-order valence-corrected chi connectivity index (χ1v) is 14.3. The Labute approximate surface area is 238 Å². The molecule has 0 aromatic heterocycles. The predicted molar refractivity (Wildman–Crippen MR) is 153 cm³/mol. The molecular weight excluding hydrogens is 555 g/mol. The van der Waals surface area contributed by atoms with Crippen molar-refractivity contribution in [2.24, 2.45) is 11.5 Å². The predicted octanol–water partition coefficient (Wildman–Crippen LogP) is 3.89. The fourth-order valence-corrected chi connectivity index (χ4v) is 6.74. The number of carbonyl (C=O) groups excluding carboxylic acids is 3. The van der Waals surface area contributed by atoms with Crippen molar-refractivity contribution in [2.75, 3.05) is 11.1 Å². The molecule has 1 heterocycles. The Balaban J connectivity index is 1.66. The van der Waals surface area contributed by atoms with Gasteiger partial charge in [0.2, 0.25) is 5.91 Å². The summed E-state index contributed by atoms with van der Waals surface area (Å²) in [5, 5.41) is 7.94. The van der Waals surface area contributed by atoms with Crippen LogP contribution in [0.15, 0.2) is 71.6 Å². The number of nitrogens with one attached hydrogen (secondary N) is 3. The molecule has 0 saturated carbocycles. The Morgan fingerprint density at radius 3 is 2.37 bits per heavy atom. The van der Waals surface area contributed by atoms with Crippen LogP contribution in [0.1, 0.15) is 30.5 Å². The lowest BCUT2D eigenvalue weighted by Crippen LogP contribution is -2.56. The number of anilines is 1. The zero-order chi connectivity index (χ0) is 29.9. The average Bonchev–Trinajstić information content (AvgIpc) is 3.02. The van der Waals surface area contributed by atoms with Gasteiger partial charge in [0.05, 0.1) is 16.8 Å². The van der Waals surface area contributed by atoms with E-state index >= 15 is 0 Å². The molecule has 41 heavy (non-hydrogen) atoms.